The van der Waals surface area contributed by atoms with Gasteiger partial charge in [0, 0.05) is 6.54 Å². The molecule has 0 atom stereocenters. The van der Waals surface area contributed by atoms with Crippen LogP contribution >= 0.6 is 0 Å². The van der Waals surface area contributed by atoms with E-state index < -0.39 is 17.7 Å². The van der Waals surface area contributed by atoms with Crippen molar-refractivity contribution in [1.29, 1.82) is 0 Å². The van der Waals surface area contributed by atoms with Gasteiger partial charge in [-0.15, -0.1) is 0 Å². The van der Waals surface area contributed by atoms with Gasteiger partial charge in [0.2, 0.25) is 0 Å². The predicted molar refractivity (Wildman–Crippen MR) is 86.1 cm³/mol. The third-order valence-electron chi connectivity index (χ3n) is 3.69. The molecule has 3 nitrogen and oxygen atoms in total. The Bertz CT molecular complexity index is 725. The van der Waals surface area contributed by atoms with Crippen molar-refractivity contribution in [1.82, 2.24) is 4.90 Å². The van der Waals surface area contributed by atoms with E-state index in [1.807, 2.05) is 0 Å². The van der Waals surface area contributed by atoms with Gasteiger partial charge in [0.05, 0.1) is 11.1 Å². The van der Waals surface area contributed by atoms with Gasteiger partial charge in [0.15, 0.2) is 0 Å². The quantitative estimate of drug-likeness (QED) is 0.890. The van der Waals surface area contributed by atoms with Gasteiger partial charge in [-0.2, -0.15) is 13.2 Å². The Balaban J connectivity index is 2.66. The summed E-state index contributed by atoms with van der Waals surface area (Å²) in [6.07, 6.45) is -4.41. The van der Waals surface area contributed by atoms with Crippen molar-refractivity contribution in [2.45, 2.75) is 12.6 Å². The molecule has 6 heteroatoms. The standard InChI is InChI=1S/C18H18F3NO2/c1-22(2)9-8-13-10-14(12-6-4-3-5-7-12)15(17(23)24)11-16(13)18(19,20)21/h3-7,10-11H,8-9H2,1-2H3,(H,23,24). The summed E-state index contributed by atoms with van der Waals surface area (Å²) in [7, 11) is 3.55. The first-order chi connectivity index (χ1) is 11.2. The second-order valence-electron chi connectivity index (χ2n) is 5.78. The highest BCUT2D eigenvalue weighted by Crippen LogP contribution is 2.37. The zero-order valence-electron chi connectivity index (χ0n) is 13.4. The largest absolute Gasteiger partial charge is 0.478 e. The van der Waals surface area contributed by atoms with Crippen molar-refractivity contribution in [3.8, 4) is 11.1 Å². The Hall–Kier alpha value is -2.34. The minimum absolute atomic E-state index is 0.0973. The van der Waals surface area contributed by atoms with Crippen LogP contribution in [0.2, 0.25) is 0 Å². The van der Waals surface area contributed by atoms with Gasteiger partial charge in [-0.25, -0.2) is 4.79 Å². The van der Waals surface area contributed by atoms with E-state index in [1.54, 1.807) is 49.3 Å². The second kappa shape index (κ2) is 7.05. The number of likely N-dealkylation sites (N-methyl/N-ethyl adjacent to an activating group) is 1. The highest BCUT2D eigenvalue weighted by atomic mass is 19.4. The van der Waals surface area contributed by atoms with Crippen molar-refractivity contribution in [2.24, 2.45) is 0 Å². The molecule has 0 saturated carbocycles. The minimum Gasteiger partial charge on any atom is -0.478 e. The van der Waals surface area contributed by atoms with E-state index in [0.717, 1.165) is 6.07 Å². The van der Waals surface area contributed by atoms with Crippen molar-refractivity contribution < 1.29 is 23.1 Å². The monoisotopic (exact) mass is 337 g/mol. The number of benzene rings is 2. The fraction of sp³-hybridized carbons (Fsp3) is 0.278. The molecule has 0 fully saturated rings. The molecule has 0 heterocycles. The molecule has 0 aliphatic carbocycles. The molecular formula is C18H18F3NO2. The smallest absolute Gasteiger partial charge is 0.416 e. The Kier molecular flexibility index (Phi) is 5.29. The molecule has 128 valence electrons. The first-order valence-electron chi connectivity index (χ1n) is 7.37. The van der Waals surface area contributed by atoms with E-state index in [2.05, 4.69) is 0 Å². The molecule has 1 N–H and O–H groups in total. The molecular weight excluding hydrogens is 319 g/mol. The van der Waals surface area contributed by atoms with Crippen LogP contribution in [0, 0.1) is 0 Å². The zero-order chi connectivity index (χ0) is 17.9. The normalized spacial score (nSPS) is 11.8. The van der Waals surface area contributed by atoms with E-state index in [9.17, 15) is 23.1 Å². The molecule has 0 aromatic heterocycles. The summed E-state index contributed by atoms with van der Waals surface area (Å²) in [6, 6.07) is 10.7. The number of hydrogen-bond donors (Lipinski definition) is 1. The summed E-state index contributed by atoms with van der Waals surface area (Å²) in [5.41, 5.74) is -0.261. The first kappa shape index (κ1) is 18.0. The average Bonchev–Trinajstić information content (AvgIpc) is 2.51. The molecule has 0 bridgehead atoms. The molecule has 0 saturated heterocycles. The number of carboxylic acids is 1. The van der Waals surface area contributed by atoms with E-state index >= 15 is 0 Å². The number of carbonyl (C=O) groups is 1. The lowest BCUT2D eigenvalue weighted by Crippen LogP contribution is -2.19. The summed E-state index contributed by atoms with van der Waals surface area (Å²) in [4.78, 5) is 13.3. The number of rotatable bonds is 5. The molecule has 2 rings (SSSR count). The van der Waals surface area contributed by atoms with Crippen LogP contribution < -0.4 is 0 Å². The number of carboxylic acid groups (broad SMARTS) is 1. The van der Waals surface area contributed by atoms with Crippen LogP contribution in [0.1, 0.15) is 21.5 Å². The van der Waals surface area contributed by atoms with Gasteiger partial charge in [0.25, 0.3) is 0 Å². The molecule has 0 aliphatic heterocycles. The number of aromatic carboxylic acids is 1. The number of hydrogen-bond acceptors (Lipinski definition) is 2. The third-order valence-corrected chi connectivity index (χ3v) is 3.69. The second-order valence-corrected chi connectivity index (χ2v) is 5.78. The Morgan fingerprint density at radius 3 is 2.25 bits per heavy atom. The fourth-order valence-corrected chi connectivity index (χ4v) is 2.49. The summed E-state index contributed by atoms with van der Waals surface area (Å²) in [6.45, 7) is 0.434. The summed E-state index contributed by atoms with van der Waals surface area (Å²) in [5, 5.41) is 9.35. The Morgan fingerprint density at radius 1 is 1.12 bits per heavy atom. The van der Waals surface area contributed by atoms with Crippen molar-refractivity contribution in [3.05, 3.63) is 59.2 Å². The van der Waals surface area contributed by atoms with Crippen LogP contribution in [-0.2, 0) is 12.6 Å². The summed E-state index contributed by atoms with van der Waals surface area (Å²) < 4.78 is 40.0. The van der Waals surface area contributed by atoms with Crippen LogP contribution in [0.5, 0.6) is 0 Å². The molecule has 0 amide bonds. The van der Waals surface area contributed by atoms with Crippen LogP contribution in [0.3, 0.4) is 0 Å². The highest BCUT2D eigenvalue weighted by Gasteiger charge is 2.35. The molecule has 24 heavy (non-hydrogen) atoms. The lowest BCUT2D eigenvalue weighted by Gasteiger charge is -2.18. The van der Waals surface area contributed by atoms with E-state index in [-0.39, 0.29) is 17.5 Å². The van der Waals surface area contributed by atoms with Crippen LogP contribution in [0.4, 0.5) is 13.2 Å². The molecule has 2 aromatic carbocycles. The highest BCUT2D eigenvalue weighted by molar-refractivity contribution is 5.96. The van der Waals surface area contributed by atoms with Crippen LogP contribution in [0.15, 0.2) is 42.5 Å². The van der Waals surface area contributed by atoms with Gasteiger partial charge in [-0.3, -0.25) is 0 Å². The van der Waals surface area contributed by atoms with Crippen molar-refractivity contribution in [3.63, 3.8) is 0 Å². The number of alkyl halides is 3. The van der Waals surface area contributed by atoms with Gasteiger partial charge in [-0.05, 0) is 49.3 Å². The maximum atomic E-state index is 13.3. The fourth-order valence-electron chi connectivity index (χ4n) is 2.49. The van der Waals surface area contributed by atoms with E-state index in [4.69, 9.17) is 0 Å². The third kappa shape index (κ3) is 4.14. The number of nitrogens with zero attached hydrogens (tertiary/aromatic N) is 1. The van der Waals surface area contributed by atoms with Crippen LogP contribution in [0.25, 0.3) is 11.1 Å². The van der Waals surface area contributed by atoms with Gasteiger partial charge < -0.3 is 10.0 Å². The Morgan fingerprint density at radius 2 is 1.75 bits per heavy atom. The molecule has 0 radical (unpaired) electrons. The zero-order valence-corrected chi connectivity index (χ0v) is 13.4. The van der Waals surface area contributed by atoms with E-state index in [0.29, 0.717) is 17.7 Å². The van der Waals surface area contributed by atoms with E-state index in [1.165, 1.54) is 6.07 Å². The lowest BCUT2D eigenvalue weighted by molar-refractivity contribution is -0.138. The van der Waals surface area contributed by atoms with Crippen molar-refractivity contribution >= 4 is 5.97 Å². The number of halogens is 3. The topological polar surface area (TPSA) is 40.5 Å². The molecule has 0 spiro atoms. The SMILES string of the molecule is CN(C)CCc1cc(-c2ccccc2)c(C(=O)O)cc1C(F)(F)F. The Labute approximate surface area is 138 Å². The average molecular weight is 337 g/mol. The van der Waals surface area contributed by atoms with Gasteiger partial charge in [0.1, 0.15) is 0 Å². The first-order valence-corrected chi connectivity index (χ1v) is 7.37. The summed E-state index contributed by atoms with van der Waals surface area (Å²) in [5.74, 6) is -1.38. The maximum Gasteiger partial charge on any atom is 0.416 e. The minimum atomic E-state index is -4.60. The lowest BCUT2D eigenvalue weighted by atomic mass is 9.92. The maximum absolute atomic E-state index is 13.3. The van der Waals surface area contributed by atoms with Crippen LogP contribution in [-0.4, -0.2) is 36.6 Å². The molecule has 2 aromatic rings. The van der Waals surface area contributed by atoms with Gasteiger partial charge in [-0.1, -0.05) is 30.3 Å². The van der Waals surface area contributed by atoms with Crippen molar-refractivity contribution in [2.75, 3.05) is 20.6 Å². The molecule has 0 unspecified atom stereocenters. The van der Waals surface area contributed by atoms with Gasteiger partial charge >= 0.3 is 12.1 Å². The predicted octanol–water partition coefficient (Wildman–Crippen LogP) is 4.17. The molecule has 0 aliphatic rings. The summed E-state index contributed by atoms with van der Waals surface area (Å²) >= 11 is 0.